The van der Waals surface area contributed by atoms with Crippen LogP contribution in [0.2, 0.25) is 0 Å². The minimum Gasteiger partial charge on any atom is -0.103 e. The molecule has 2 rings (SSSR count). The van der Waals surface area contributed by atoms with Crippen LogP contribution in [-0.2, 0) is 0 Å². The lowest BCUT2D eigenvalue weighted by Gasteiger charge is -2.10. The molecular formula is C16H28. The van der Waals surface area contributed by atoms with Gasteiger partial charge in [0, 0.05) is 0 Å². The van der Waals surface area contributed by atoms with Gasteiger partial charge in [-0.05, 0) is 56.3 Å². The van der Waals surface area contributed by atoms with Crippen molar-refractivity contribution in [3.8, 4) is 0 Å². The lowest BCUT2D eigenvalue weighted by atomic mass is 9.96. The molecule has 2 unspecified atom stereocenters. The largest absolute Gasteiger partial charge is 0.103 e. The molecule has 0 aromatic rings. The first-order valence-electron chi connectivity index (χ1n) is 6.90. The molecule has 2 bridgehead atoms. The molecule has 1 saturated carbocycles. The van der Waals surface area contributed by atoms with E-state index in [9.17, 15) is 0 Å². The molecule has 0 N–H and O–H groups in total. The number of hydrogen-bond acceptors (Lipinski definition) is 0. The standard InChI is InChI=1S/C9H18.C7H10/c1-5-6-9(4)7-8(2)3;1-2-7-4-3-6(1)5-7/h5,8-9H,1,6-7H2,2-4H3;1,7H,2-5H2. The first-order chi connectivity index (χ1) is 7.61. The second-order valence-corrected chi connectivity index (χ2v) is 5.97. The van der Waals surface area contributed by atoms with E-state index in [4.69, 9.17) is 0 Å². The van der Waals surface area contributed by atoms with Gasteiger partial charge in [-0.1, -0.05) is 38.5 Å². The van der Waals surface area contributed by atoms with E-state index in [1.54, 1.807) is 5.57 Å². The fraction of sp³-hybridized carbons (Fsp3) is 0.750. The summed E-state index contributed by atoms with van der Waals surface area (Å²) in [5.74, 6) is 2.73. The molecule has 2 aliphatic rings. The second kappa shape index (κ2) is 6.93. The normalized spacial score (nSPS) is 23.8. The van der Waals surface area contributed by atoms with Crippen LogP contribution in [0, 0.1) is 17.8 Å². The van der Waals surface area contributed by atoms with Crippen LogP contribution in [0.5, 0.6) is 0 Å². The zero-order valence-corrected chi connectivity index (χ0v) is 11.3. The Labute approximate surface area is 102 Å². The van der Waals surface area contributed by atoms with Crippen LogP contribution < -0.4 is 0 Å². The Balaban J connectivity index is 0.000000163. The summed E-state index contributed by atoms with van der Waals surface area (Å²) in [7, 11) is 0. The maximum absolute atomic E-state index is 3.71. The first-order valence-corrected chi connectivity index (χ1v) is 6.90. The third-order valence-corrected chi connectivity index (χ3v) is 3.61. The van der Waals surface area contributed by atoms with E-state index in [1.165, 1.54) is 32.1 Å². The molecule has 0 heterocycles. The lowest BCUT2D eigenvalue weighted by molar-refractivity contribution is 0.443. The van der Waals surface area contributed by atoms with Gasteiger partial charge in [0.15, 0.2) is 0 Å². The van der Waals surface area contributed by atoms with Gasteiger partial charge >= 0.3 is 0 Å². The second-order valence-electron chi connectivity index (χ2n) is 5.97. The van der Waals surface area contributed by atoms with E-state index in [2.05, 4.69) is 33.4 Å². The highest BCUT2D eigenvalue weighted by atomic mass is 14.3. The third kappa shape index (κ3) is 5.01. The maximum atomic E-state index is 3.71. The van der Waals surface area contributed by atoms with Crippen molar-refractivity contribution in [2.45, 2.75) is 59.3 Å². The van der Waals surface area contributed by atoms with Gasteiger partial charge in [-0.3, -0.25) is 0 Å². The van der Waals surface area contributed by atoms with Crippen molar-refractivity contribution < 1.29 is 0 Å². The summed E-state index contributed by atoms with van der Waals surface area (Å²) in [4.78, 5) is 0. The van der Waals surface area contributed by atoms with Crippen LogP contribution in [0.1, 0.15) is 59.3 Å². The van der Waals surface area contributed by atoms with Crippen molar-refractivity contribution in [3.63, 3.8) is 0 Å². The van der Waals surface area contributed by atoms with Crippen molar-refractivity contribution >= 4 is 0 Å². The summed E-state index contributed by atoms with van der Waals surface area (Å²) in [6.07, 6.45) is 12.7. The molecule has 2 atom stereocenters. The van der Waals surface area contributed by atoms with Crippen molar-refractivity contribution in [2.75, 3.05) is 0 Å². The predicted molar refractivity (Wildman–Crippen MR) is 73.5 cm³/mol. The Hall–Kier alpha value is -0.520. The van der Waals surface area contributed by atoms with Crippen LogP contribution in [0.15, 0.2) is 24.3 Å². The van der Waals surface area contributed by atoms with Gasteiger partial charge < -0.3 is 0 Å². The molecule has 0 nitrogen and oxygen atoms in total. The van der Waals surface area contributed by atoms with Crippen LogP contribution in [0.4, 0.5) is 0 Å². The Morgan fingerprint density at radius 3 is 2.44 bits per heavy atom. The Morgan fingerprint density at radius 2 is 2.19 bits per heavy atom. The summed E-state index contributed by atoms with van der Waals surface area (Å²) < 4.78 is 0. The summed E-state index contributed by atoms with van der Waals surface area (Å²) in [6, 6.07) is 0. The Morgan fingerprint density at radius 1 is 1.44 bits per heavy atom. The van der Waals surface area contributed by atoms with Crippen molar-refractivity contribution in [3.05, 3.63) is 24.3 Å². The third-order valence-electron chi connectivity index (χ3n) is 3.61. The van der Waals surface area contributed by atoms with Gasteiger partial charge in [0.2, 0.25) is 0 Å². The summed E-state index contributed by atoms with van der Waals surface area (Å²) >= 11 is 0. The molecule has 92 valence electrons. The number of fused-ring (bicyclic) bond motifs is 2. The molecule has 2 aliphatic carbocycles. The molecule has 0 aliphatic heterocycles. The van der Waals surface area contributed by atoms with E-state index in [-0.39, 0.29) is 0 Å². The van der Waals surface area contributed by atoms with Gasteiger partial charge in [-0.15, -0.1) is 6.58 Å². The highest BCUT2D eigenvalue weighted by Gasteiger charge is 2.22. The van der Waals surface area contributed by atoms with Crippen molar-refractivity contribution in [1.29, 1.82) is 0 Å². The zero-order valence-electron chi connectivity index (χ0n) is 11.3. The molecule has 16 heavy (non-hydrogen) atoms. The average Bonchev–Trinajstić information content (AvgIpc) is 2.80. The van der Waals surface area contributed by atoms with Crippen LogP contribution in [-0.4, -0.2) is 0 Å². The maximum Gasteiger partial charge on any atom is -0.0289 e. The highest BCUT2D eigenvalue weighted by molar-refractivity contribution is 5.15. The van der Waals surface area contributed by atoms with Gasteiger partial charge in [0.25, 0.3) is 0 Å². The average molecular weight is 220 g/mol. The minimum atomic E-state index is 0.822. The molecule has 0 heteroatoms. The quantitative estimate of drug-likeness (QED) is 0.559. The smallest absolute Gasteiger partial charge is 0.0289 e. The number of hydrogen-bond donors (Lipinski definition) is 0. The molecule has 0 aromatic carbocycles. The summed E-state index contributed by atoms with van der Waals surface area (Å²) in [6.45, 7) is 10.5. The lowest BCUT2D eigenvalue weighted by Crippen LogP contribution is -1.97. The summed E-state index contributed by atoms with van der Waals surface area (Å²) in [5.41, 5.74) is 1.74. The molecule has 0 aromatic heterocycles. The Kier molecular flexibility index (Phi) is 5.87. The van der Waals surface area contributed by atoms with Crippen LogP contribution >= 0.6 is 0 Å². The number of rotatable bonds is 4. The predicted octanol–water partition coefficient (Wildman–Crippen LogP) is 5.36. The summed E-state index contributed by atoms with van der Waals surface area (Å²) in [5, 5.41) is 0. The van der Waals surface area contributed by atoms with E-state index < -0.39 is 0 Å². The molecule has 0 spiro atoms. The molecular weight excluding hydrogens is 192 g/mol. The number of allylic oxidation sites excluding steroid dienone is 3. The fourth-order valence-corrected chi connectivity index (χ4v) is 2.87. The van der Waals surface area contributed by atoms with E-state index >= 15 is 0 Å². The van der Waals surface area contributed by atoms with E-state index in [0.29, 0.717) is 0 Å². The first kappa shape index (κ1) is 13.5. The fourth-order valence-electron chi connectivity index (χ4n) is 2.87. The van der Waals surface area contributed by atoms with Gasteiger partial charge in [0.05, 0.1) is 0 Å². The molecule has 0 amide bonds. The van der Waals surface area contributed by atoms with E-state index in [0.717, 1.165) is 24.2 Å². The molecule has 1 fully saturated rings. The molecule has 0 saturated heterocycles. The minimum absolute atomic E-state index is 0.822. The SMILES string of the molecule is C1=C2CCC(C1)C2.C=CCC(C)CC(C)C. The van der Waals surface area contributed by atoms with Crippen LogP contribution in [0.25, 0.3) is 0 Å². The Bertz CT molecular complexity index is 234. The monoisotopic (exact) mass is 220 g/mol. The van der Waals surface area contributed by atoms with Gasteiger partial charge in [-0.25, -0.2) is 0 Å². The van der Waals surface area contributed by atoms with Crippen molar-refractivity contribution in [2.24, 2.45) is 17.8 Å². The topological polar surface area (TPSA) is 0 Å². The zero-order chi connectivity index (χ0) is 12.0. The molecule has 0 radical (unpaired) electrons. The van der Waals surface area contributed by atoms with Gasteiger partial charge in [0.1, 0.15) is 0 Å². The van der Waals surface area contributed by atoms with Crippen LogP contribution in [0.3, 0.4) is 0 Å². The van der Waals surface area contributed by atoms with E-state index in [1.807, 2.05) is 6.08 Å². The van der Waals surface area contributed by atoms with Crippen molar-refractivity contribution in [1.82, 2.24) is 0 Å². The van der Waals surface area contributed by atoms with Gasteiger partial charge in [-0.2, -0.15) is 0 Å². The highest BCUT2D eigenvalue weighted by Crippen LogP contribution is 2.38.